The van der Waals surface area contributed by atoms with Gasteiger partial charge in [0.1, 0.15) is 0 Å². The van der Waals surface area contributed by atoms with E-state index >= 15 is 0 Å². The van der Waals surface area contributed by atoms with Crippen molar-refractivity contribution >= 4 is 16.7 Å². The number of likely N-dealkylation sites (tertiary alicyclic amines) is 1. The number of amides is 1. The van der Waals surface area contributed by atoms with E-state index in [9.17, 15) is 9.00 Å². The molecule has 1 saturated heterocycles. The molecule has 1 heterocycles. The fourth-order valence-electron chi connectivity index (χ4n) is 3.23. The van der Waals surface area contributed by atoms with Gasteiger partial charge in [-0.05, 0) is 36.1 Å². The summed E-state index contributed by atoms with van der Waals surface area (Å²) in [7, 11) is -0.902. The van der Waals surface area contributed by atoms with Gasteiger partial charge >= 0.3 is 0 Å². The zero-order valence-electron chi connectivity index (χ0n) is 13.3. The zero-order valence-corrected chi connectivity index (χ0v) is 14.1. The van der Waals surface area contributed by atoms with Crippen LogP contribution in [0.4, 0.5) is 0 Å². The van der Waals surface area contributed by atoms with Gasteiger partial charge in [-0.1, -0.05) is 42.5 Å². The number of rotatable bonds is 4. The maximum Gasteiger partial charge on any atom is 0.254 e. The average molecular weight is 327 g/mol. The van der Waals surface area contributed by atoms with Crippen molar-refractivity contribution in [1.82, 2.24) is 4.90 Å². The number of carbonyl (C=O) groups excluding carboxylic acids is 1. The molecule has 23 heavy (non-hydrogen) atoms. The molecule has 4 heteroatoms. The lowest BCUT2D eigenvalue weighted by Crippen LogP contribution is -2.30. The number of hydrogen-bond acceptors (Lipinski definition) is 2. The quantitative estimate of drug-likeness (QED) is 0.861. The van der Waals surface area contributed by atoms with Crippen molar-refractivity contribution in [1.29, 1.82) is 0 Å². The minimum absolute atomic E-state index is 0.0695. The van der Waals surface area contributed by atoms with Gasteiger partial charge in [0.05, 0.1) is 6.04 Å². The van der Waals surface area contributed by atoms with Crippen molar-refractivity contribution in [2.45, 2.75) is 24.6 Å². The monoisotopic (exact) mass is 327 g/mol. The molecule has 1 aliphatic heterocycles. The molecule has 1 amide bonds. The molecule has 0 spiro atoms. The molecule has 0 radical (unpaired) electrons. The van der Waals surface area contributed by atoms with E-state index in [0.29, 0.717) is 11.3 Å². The van der Waals surface area contributed by atoms with Crippen LogP contribution in [0, 0.1) is 0 Å². The van der Waals surface area contributed by atoms with Gasteiger partial charge in [0, 0.05) is 34.9 Å². The molecule has 3 nitrogen and oxygen atoms in total. The van der Waals surface area contributed by atoms with E-state index in [0.717, 1.165) is 24.9 Å². The van der Waals surface area contributed by atoms with Gasteiger partial charge in [-0.25, -0.2) is 0 Å². The van der Waals surface area contributed by atoms with Gasteiger partial charge in [0.15, 0.2) is 0 Å². The standard InChI is InChI=1S/C19H21NO2S/c1-23(22)14-15-7-5-10-17(13-15)19(21)20-12-6-11-18(20)16-8-3-2-4-9-16/h2-5,7-10,13,18H,6,11-12,14H2,1H3. The van der Waals surface area contributed by atoms with Crippen molar-refractivity contribution in [3.63, 3.8) is 0 Å². The van der Waals surface area contributed by atoms with Crippen LogP contribution in [0.2, 0.25) is 0 Å². The molecule has 2 aromatic carbocycles. The van der Waals surface area contributed by atoms with Crippen LogP contribution in [0.15, 0.2) is 54.6 Å². The molecule has 0 N–H and O–H groups in total. The second kappa shape index (κ2) is 7.09. The summed E-state index contributed by atoms with van der Waals surface area (Å²) in [4.78, 5) is 14.9. The van der Waals surface area contributed by atoms with Gasteiger partial charge in [-0.2, -0.15) is 0 Å². The molecule has 2 aromatic rings. The van der Waals surface area contributed by atoms with Crippen LogP contribution in [0.1, 0.15) is 40.4 Å². The summed E-state index contributed by atoms with van der Waals surface area (Å²) in [5, 5.41) is 0. The normalized spacial score (nSPS) is 18.8. The number of hydrogen-bond donors (Lipinski definition) is 0. The van der Waals surface area contributed by atoms with E-state index < -0.39 is 10.8 Å². The molecule has 2 atom stereocenters. The summed E-state index contributed by atoms with van der Waals surface area (Å²) in [5.41, 5.74) is 2.84. The first-order chi connectivity index (χ1) is 11.1. The van der Waals surface area contributed by atoms with E-state index in [1.807, 2.05) is 47.4 Å². The third kappa shape index (κ3) is 3.70. The lowest BCUT2D eigenvalue weighted by Gasteiger charge is -2.25. The second-order valence-corrected chi connectivity index (χ2v) is 7.42. The molecular weight excluding hydrogens is 306 g/mol. The van der Waals surface area contributed by atoms with Crippen molar-refractivity contribution in [2.75, 3.05) is 12.8 Å². The van der Waals surface area contributed by atoms with Crippen molar-refractivity contribution in [3.05, 3.63) is 71.3 Å². The van der Waals surface area contributed by atoms with E-state index in [4.69, 9.17) is 0 Å². The van der Waals surface area contributed by atoms with Crippen LogP contribution in [-0.2, 0) is 16.6 Å². The average Bonchev–Trinajstić information content (AvgIpc) is 3.04. The summed E-state index contributed by atoms with van der Waals surface area (Å²) in [6, 6.07) is 17.9. The highest BCUT2D eigenvalue weighted by atomic mass is 32.2. The second-order valence-electron chi connectivity index (χ2n) is 5.99. The number of benzene rings is 2. The Hall–Kier alpha value is -1.94. The summed E-state index contributed by atoms with van der Waals surface area (Å²) in [6.07, 6.45) is 3.72. The van der Waals surface area contributed by atoms with E-state index in [1.54, 1.807) is 6.26 Å². The Bertz CT molecular complexity index is 714. The Morgan fingerprint density at radius 3 is 2.70 bits per heavy atom. The summed E-state index contributed by atoms with van der Waals surface area (Å²) < 4.78 is 11.4. The Morgan fingerprint density at radius 2 is 1.96 bits per heavy atom. The van der Waals surface area contributed by atoms with Crippen LogP contribution in [0.5, 0.6) is 0 Å². The van der Waals surface area contributed by atoms with Crippen LogP contribution < -0.4 is 0 Å². The maximum atomic E-state index is 12.9. The SMILES string of the molecule is CS(=O)Cc1cccc(C(=O)N2CCCC2c2ccccc2)c1. The van der Waals surface area contributed by atoms with Gasteiger partial charge in [0.25, 0.3) is 5.91 Å². The smallest absolute Gasteiger partial charge is 0.254 e. The first kappa shape index (κ1) is 15.9. The van der Waals surface area contributed by atoms with Gasteiger partial charge in [-0.15, -0.1) is 0 Å². The van der Waals surface area contributed by atoms with Crippen molar-refractivity contribution in [3.8, 4) is 0 Å². The summed E-state index contributed by atoms with van der Waals surface area (Å²) in [6.45, 7) is 0.794. The van der Waals surface area contributed by atoms with Crippen LogP contribution in [0.25, 0.3) is 0 Å². The highest BCUT2D eigenvalue weighted by Gasteiger charge is 2.30. The Morgan fingerprint density at radius 1 is 1.17 bits per heavy atom. The van der Waals surface area contributed by atoms with Crippen LogP contribution >= 0.6 is 0 Å². The molecule has 120 valence electrons. The molecule has 0 aromatic heterocycles. The van der Waals surface area contributed by atoms with E-state index in [2.05, 4.69) is 12.1 Å². The molecular formula is C19H21NO2S. The minimum atomic E-state index is -0.902. The number of carbonyl (C=O) groups is 1. The molecule has 0 bridgehead atoms. The van der Waals surface area contributed by atoms with Crippen LogP contribution in [-0.4, -0.2) is 27.8 Å². The number of nitrogens with zero attached hydrogens (tertiary/aromatic N) is 1. The fourth-order valence-corrected chi connectivity index (χ4v) is 3.88. The predicted octanol–water partition coefficient (Wildman–Crippen LogP) is 3.54. The third-order valence-electron chi connectivity index (χ3n) is 4.24. The predicted molar refractivity (Wildman–Crippen MR) is 93.7 cm³/mol. The molecule has 1 aliphatic rings. The highest BCUT2D eigenvalue weighted by molar-refractivity contribution is 7.83. The highest BCUT2D eigenvalue weighted by Crippen LogP contribution is 2.33. The minimum Gasteiger partial charge on any atom is -0.332 e. The Labute approximate surface area is 139 Å². The summed E-state index contributed by atoms with van der Waals surface area (Å²) >= 11 is 0. The molecule has 2 unspecified atom stereocenters. The largest absolute Gasteiger partial charge is 0.332 e. The first-order valence-electron chi connectivity index (χ1n) is 7.90. The topological polar surface area (TPSA) is 37.4 Å². The van der Waals surface area contributed by atoms with E-state index in [-0.39, 0.29) is 11.9 Å². The molecule has 3 rings (SSSR count). The van der Waals surface area contributed by atoms with Gasteiger partial charge in [-0.3, -0.25) is 9.00 Å². The lowest BCUT2D eigenvalue weighted by molar-refractivity contribution is 0.0735. The van der Waals surface area contributed by atoms with Crippen molar-refractivity contribution in [2.24, 2.45) is 0 Å². The lowest BCUT2D eigenvalue weighted by atomic mass is 10.0. The first-order valence-corrected chi connectivity index (χ1v) is 9.63. The third-order valence-corrected chi connectivity index (χ3v) is 4.98. The Balaban J connectivity index is 1.83. The van der Waals surface area contributed by atoms with Gasteiger partial charge < -0.3 is 4.90 Å². The van der Waals surface area contributed by atoms with E-state index in [1.165, 1.54) is 5.56 Å². The van der Waals surface area contributed by atoms with Crippen LogP contribution in [0.3, 0.4) is 0 Å². The van der Waals surface area contributed by atoms with Gasteiger partial charge in [0.2, 0.25) is 0 Å². The van der Waals surface area contributed by atoms with Crippen molar-refractivity contribution < 1.29 is 9.00 Å². The molecule has 0 saturated carbocycles. The Kier molecular flexibility index (Phi) is 4.91. The zero-order chi connectivity index (χ0) is 16.2. The molecule has 0 aliphatic carbocycles. The molecule has 1 fully saturated rings. The summed E-state index contributed by atoms with van der Waals surface area (Å²) in [5.74, 6) is 0.559. The maximum absolute atomic E-state index is 12.9. The fraction of sp³-hybridized carbons (Fsp3) is 0.316.